The first-order valence-electron chi connectivity index (χ1n) is 11.6. The summed E-state index contributed by atoms with van der Waals surface area (Å²) in [7, 11) is 0. The molecule has 0 bridgehead atoms. The zero-order valence-corrected chi connectivity index (χ0v) is 20.4. The van der Waals surface area contributed by atoms with Crippen LogP contribution in [0.15, 0.2) is 107 Å². The summed E-state index contributed by atoms with van der Waals surface area (Å²) in [6.07, 6.45) is 3.41. The number of benzene rings is 3. The Balaban J connectivity index is 1.24. The van der Waals surface area contributed by atoms with E-state index in [1.165, 1.54) is 11.8 Å². The lowest BCUT2D eigenvalue weighted by Crippen LogP contribution is -2.23. The molecule has 2 heterocycles. The van der Waals surface area contributed by atoms with E-state index in [4.69, 9.17) is 9.15 Å². The molecule has 3 aromatic carbocycles. The van der Waals surface area contributed by atoms with Gasteiger partial charge in [-0.05, 0) is 28.8 Å². The molecule has 0 spiro atoms. The van der Waals surface area contributed by atoms with E-state index in [2.05, 4.69) is 15.3 Å². The van der Waals surface area contributed by atoms with Crippen molar-refractivity contribution in [3.05, 3.63) is 125 Å². The first-order chi connectivity index (χ1) is 17.8. The number of thioether (sulfide) groups is 1. The third-order valence-corrected chi connectivity index (χ3v) is 6.52. The highest BCUT2D eigenvalue weighted by atomic mass is 32.2. The fourth-order valence-electron chi connectivity index (χ4n) is 3.88. The third kappa shape index (κ3) is 6.00. The van der Waals surface area contributed by atoms with E-state index in [1.807, 2.05) is 78.9 Å². The summed E-state index contributed by atoms with van der Waals surface area (Å²) in [6, 6.07) is 27.6. The number of ether oxygens (including phenoxy) is 1. The summed E-state index contributed by atoms with van der Waals surface area (Å²) in [4.78, 5) is 21.7. The highest BCUT2D eigenvalue weighted by Gasteiger charge is 2.20. The molecular weight excluding hydrogens is 470 g/mol. The molecule has 0 fully saturated rings. The van der Waals surface area contributed by atoms with Crippen LogP contribution in [-0.4, -0.2) is 15.9 Å². The molecule has 2 aromatic heterocycles. The maximum atomic E-state index is 13.2. The Morgan fingerprint density at radius 2 is 1.56 bits per heavy atom. The van der Waals surface area contributed by atoms with Crippen molar-refractivity contribution >= 4 is 28.6 Å². The van der Waals surface area contributed by atoms with Crippen LogP contribution in [0, 0.1) is 0 Å². The summed E-state index contributed by atoms with van der Waals surface area (Å²) >= 11 is 1.47. The molecule has 0 aliphatic carbocycles. The van der Waals surface area contributed by atoms with E-state index in [9.17, 15) is 4.79 Å². The van der Waals surface area contributed by atoms with Crippen molar-refractivity contribution in [2.45, 2.75) is 30.7 Å². The van der Waals surface area contributed by atoms with Gasteiger partial charge < -0.3 is 14.5 Å². The molecule has 0 atom stereocenters. The van der Waals surface area contributed by atoms with Crippen molar-refractivity contribution in [2.24, 2.45) is 0 Å². The van der Waals surface area contributed by atoms with Crippen LogP contribution in [0.4, 0.5) is 0 Å². The van der Waals surface area contributed by atoms with Crippen LogP contribution < -0.4 is 5.32 Å². The van der Waals surface area contributed by atoms with Gasteiger partial charge in [0, 0.05) is 35.6 Å². The van der Waals surface area contributed by atoms with Gasteiger partial charge in [0.1, 0.15) is 5.58 Å². The number of carbonyl (C=O) groups excluding carboxylic acids is 1. The molecule has 0 saturated heterocycles. The summed E-state index contributed by atoms with van der Waals surface area (Å²) < 4.78 is 11.8. The predicted molar refractivity (Wildman–Crippen MR) is 140 cm³/mol. The van der Waals surface area contributed by atoms with Gasteiger partial charge in [0.2, 0.25) is 0 Å². The lowest BCUT2D eigenvalue weighted by molar-refractivity contribution is 0.0924. The normalized spacial score (nSPS) is 11.0. The summed E-state index contributed by atoms with van der Waals surface area (Å²) in [5.74, 6) is 0.598. The molecular formula is C29H25N3O3S. The van der Waals surface area contributed by atoms with Gasteiger partial charge in [-0.1, -0.05) is 84.6 Å². The first-order valence-corrected chi connectivity index (χ1v) is 12.6. The van der Waals surface area contributed by atoms with Gasteiger partial charge in [-0.2, -0.15) is 0 Å². The van der Waals surface area contributed by atoms with Gasteiger partial charge in [-0.3, -0.25) is 4.79 Å². The second-order valence-electron chi connectivity index (χ2n) is 8.21. The number of carbonyl (C=O) groups is 1. The van der Waals surface area contributed by atoms with Crippen molar-refractivity contribution in [1.29, 1.82) is 0 Å². The number of fused-ring (bicyclic) bond motifs is 1. The molecule has 1 amide bonds. The zero-order chi connectivity index (χ0) is 24.6. The maximum absolute atomic E-state index is 13.2. The topological polar surface area (TPSA) is 77.2 Å². The fourth-order valence-corrected chi connectivity index (χ4v) is 4.71. The number of rotatable bonds is 10. The van der Waals surface area contributed by atoms with Gasteiger partial charge >= 0.3 is 0 Å². The minimum atomic E-state index is -0.249. The monoisotopic (exact) mass is 495 g/mol. The number of hydrogen-bond donors (Lipinski definition) is 1. The second kappa shape index (κ2) is 11.7. The Bertz CT molecular complexity index is 1440. The number of amides is 1. The molecule has 36 heavy (non-hydrogen) atoms. The first kappa shape index (κ1) is 23.8. The number of hydrogen-bond acceptors (Lipinski definition) is 6. The molecule has 0 saturated carbocycles. The van der Waals surface area contributed by atoms with E-state index in [0.717, 1.165) is 27.6 Å². The predicted octanol–water partition coefficient (Wildman–Crippen LogP) is 6.16. The lowest BCUT2D eigenvalue weighted by Gasteiger charge is -2.08. The lowest BCUT2D eigenvalue weighted by atomic mass is 10.1. The molecule has 180 valence electrons. The number of aromatic nitrogens is 2. The molecule has 5 aromatic rings. The standard InChI is InChI=1S/C29H25N3O3S/c33-28(32-17-22-10-6-11-23(16-22)19-34-18-21-8-2-1-3-9-21)27-25(20-36-29-30-14-7-15-31-29)24-12-4-5-13-26(24)35-27/h1-16H,17-20H2,(H,32,33). The minimum absolute atomic E-state index is 0.249. The minimum Gasteiger partial charge on any atom is -0.451 e. The van der Waals surface area contributed by atoms with Gasteiger partial charge in [0.15, 0.2) is 10.9 Å². The fraction of sp³-hybridized carbons (Fsp3) is 0.138. The van der Waals surface area contributed by atoms with Gasteiger partial charge in [0.05, 0.1) is 13.2 Å². The Morgan fingerprint density at radius 1 is 0.833 bits per heavy atom. The number of furan rings is 1. The molecule has 0 aliphatic rings. The number of nitrogens with zero attached hydrogens (tertiary/aromatic N) is 2. The Hall–Kier alpha value is -3.94. The smallest absolute Gasteiger partial charge is 0.287 e. The van der Waals surface area contributed by atoms with Gasteiger partial charge in [-0.25, -0.2) is 9.97 Å². The molecule has 6 nitrogen and oxygen atoms in total. The third-order valence-electron chi connectivity index (χ3n) is 5.62. The number of para-hydroxylation sites is 1. The molecule has 7 heteroatoms. The van der Waals surface area contributed by atoms with Crippen molar-refractivity contribution in [2.75, 3.05) is 0 Å². The van der Waals surface area contributed by atoms with Crippen LogP contribution in [0.1, 0.15) is 32.8 Å². The van der Waals surface area contributed by atoms with Crippen LogP contribution in [0.5, 0.6) is 0 Å². The zero-order valence-electron chi connectivity index (χ0n) is 19.6. The maximum Gasteiger partial charge on any atom is 0.287 e. The van der Waals surface area contributed by atoms with Crippen molar-refractivity contribution in [1.82, 2.24) is 15.3 Å². The van der Waals surface area contributed by atoms with Crippen LogP contribution in [0.2, 0.25) is 0 Å². The average molecular weight is 496 g/mol. The molecule has 5 rings (SSSR count). The van der Waals surface area contributed by atoms with E-state index in [-0.39, 0.29) is 5.91 Å². The van der Waals surface area contributed by atoms with Crippen LogP contribution >= 0.6 is 11.8 Å². The second-order valence-corrected chi connectivity index (χ2v) is 9.15. The Labute approximate surface area is 213 Å². The summed E-state index contributed by atoms with van der Waals surface area (Å²) in [5.41, 5.74) is 4.71. The van der Waals surface area contributed by atoms with Crippen molar-refractivity contribution in [3.63, 3.8) is 0 Å². The molecule has 0 aliphatic heterocycles. The van der Waals surface area contributed by atoms with Crippen molar-refractivity contribution < 1.29 is 13.9 Å². The summed E-state index contributed by atoms with van der Waals surface area (Å²) in [5, 5.41) is 4.58. The average Bonchev–Trinajstić information content (AvgIpc) is 3.31. The van der Waals surface area contributed by atoms with Crippen molar-refractivity contribution in [3.8, 4) is 0 Å². The van der Waals surface area contributed by atoms with E-state index >= 15 is 0 Å². The quantitative estimate of drug-likeness (QED) is 0.185. The Kier molecular flexibility index (Phi) is 7.70. The van der Waals surface area contributed by atoms with Gasteiger partial charge in [-0.15, -0.1) is 0 Å². The van der Waals surface area contributed by atoms with E-state index < -0.39 is 0 Å². The highest BCUT2D eigenvalue weighted by molar-refractivity contribution is 7.98. The number of nitrogens with one attached hydrogen (secondary N) is 1. The molecule has 0 radical (unpaired) electrons. The summed E-state index contributed by atoms with van der Waals surface area (Å²) in [6.45, 7) is 1.45. The molecule has 0 unspecified atom stereocenters. The van der Waals surface area contributed by atoms with Gasteiger partial charge in [0.25, 0.3) is 5.91 Å². The largest absolute Gasteiger partial charge is 0.451 e. The van der Waals surface area contributed by atoms with Crippen LogP contribution in [-0.2, 0) is 30.2 Å². The Morgan fingerprint density at radius 3 is 2.42 bits per heavy atom. The van der Waals surface area contributed by atoms with Crippen LogP contribution in [0.3, 0.4) is 0 Å². The SMILES string of the molecule is O=C(NCc1cccc(COCc2ccccc2)c1)c1oc2ccccc2c1CSc1ncccn1. The van der Waals surface area contributed by atoms with E-state index in [0.29, 0.717) is 42.0 Å². The van der Waals surface area contributed by atoms with E-state index in [1.54, 1.807) is 18.5 Å². The highest BCUT2D eigenvalue weighted by Crippen LogP contribution is 2.31. The van der Waals surface area contributed by atoms with Crippen LogP contribution in [0.25, 0.3) is 11.0 Å². The molecule has 1 N–H and O–H groups in total.